The lowest BCUT2D eigenvalue weighted by Crippen LogP contribution is -2.12. The van der Waals surface area contributed by atoms with Crippen LogP contribution in [0.3, 0.4) is 0 Å². The molecule has 3 N–H and O–H groups in total. The van der Waals surface area contributed by atoms with E-state index >= 15 is 0 Å². The molecule has 1 aromatic rings. The van der Waals surface area contributed by atoms with Gasteiger partial charge in [-0.15, -0.1) is 0 Å². The standard InChI is InChI=1S/C7H8N2O3/c8-7(11)12-4-5-1-2-9-3-6(5)10/h1-3,10H,4H2,(H2,8,11). The Kier molecular flexibility index (Phi) is 2.47. The smallest absolute Gasteiger partial charge is 0.404 e. The van der Waals surface area contributed by atoms with Gasteiger partial charge >= 0.3 is 6.09 Å². The molecule has 12 heavy (non-hydrogen) atoms. The Labute approximate surface area is 68.8 Å². The quantitative estimate of drug-likeness (QED) is 0.668. The second-order valence-corrected chi connectivity index (χ2v) is 2.11. The first kappa shape index (κ1) is 8.32. The molecule has 1 aromatic heterocycles. The number of carbonyl (C=O) groups is 1. The molecular weight excluding hydrogens is 160 g/mol. The van der Waals surface area contributed by atoms with Crippen LogP contribution < -0.4 is 5.73 Å². The average molecular weight is 168 g/mol. The lowest BCUT2D eigenvalue weighted by Gasteiger charge is -2.02. The van der Waals surface area contributed by atoms with Gasteiger partial charge in [0.15, 0.2) is 0 Å². The van der Waals surface area contributed by atoms with Gasteiger partial charge in [0, 0.05) is 11.8 Å². The van der Waals surface area contributed by atoms with Crippen molar-refractivity contribution in [2.75, 3.05) is 0 Å². The first-order valence-electron chi connectivity index (χ1n) is 3.24. The first-order chi connectivity index (χ1) is 5.70. The van der Waals surface area contributed by atoms with E-state index in [1.165, 1.54) is 18.5 Å². The summed E-state index contributed by atoms with van der Waals surface area (Å²) in [5, 5.41) is 9.13. The third-order valence-electron chi connectivity index (χ3n) is 1.26. The van der Waals surface area contributed by atoms with Gasteiger partial charge in [-0.2, -0.15) is 0 Å². The number of pyridine rings is 1. The molecule has 0 bridgehead atoms. The van der Waals surface area contributed by atoms with Crippen molar-refractivity contribution in [2.24, 2.45) is 5.73 Å². The molecule has 1 rings (SSSR count). The van der Waals surface area contributed by atoms with Crippen LogP contribution in [0, 0.1) is 0 Å². The fraction of sp³-hybridized carbons (Fsp3) is 0.143. The average Bonchev–Trinajstić information content (AvgIpc) is 2.03. The highest BCUT2D eigenvalue weighted by Crippen LogP contribution is 2.14. The van der Waals surface area contributed by atoms with Crippen molar-refractivity contribution in [3.63, 3.8) is 0 Å². The summed E-state index contributed by atoms with van der Waals surface area (Å²) in [6.45, 7) is -0.0380. The summed E-state index contributed by atoms with van der Waals surface area (Å²) in [7, 11) is 0. The maximum atomic E-state index is 10.2. The Morgan fingerprint density at radius 1 is 1.75 bits per heavy atom. The van der Waals surface area contributed by atoms with E-state index in [9.17, 15) is 4.79 Å². The number of hydrogen-bond acceptors (Lipinski definition) is 4. The highest BCUT2D eigenvalue weighted by Gasteiger charge is 2.01. The van der Waals surface area contributed by atoms with Crippen molar-refractivity contribution in [1.82, 2.24) is 4.98 Å². The maximum absolute atomic E-state index is 10.2. The van der Waals surface area contributed by atoms with E-state index in [0.29, 0.717) is 5.56 Å². The summed E-state index contributed by atoms with van der Waals surface area (Å²) in [6.07, 6.45) is 1.88. The van der Waals surface area contributed by atoms with Crippen molar-refractivity contribution in [2.45, 2.75) is 6.61 Å². The zero-order valence-electron chi connectivity index (χ0n) is 6.23. The van der Waals surface area contributed by atoms with E-state index in [1.54, 1.807) is 0 Å². The second kappa shape index (κ2) is 3.56. The SMILES string of the molecule is NC(=O)OCc1ccncc1O. The molecule has 64 valence electrons. The van der Waals surface area contributed by atoms with Crippen molar-refractivity contribution < 1.29 is 14.6 Å². The summed E-state index contributed by atoms with van der Waals surface area (Å²) >= 11 is 0. The number of nitrogens with two attached hydrogens (primary N) is 1. The highest BCUT2D eigenvalue weighted by atomic mass is 16.5. The van der Waals surface area contributed by atoms with E-state index in [2.05, 4.69) is 9.72 Å². The van der Waals surface area contributed by atoms with Crippen molar-refractivity contribution in [3.05, 3.63) is 24.0 Å². The molecule has 0 unspecified atom stereocenters. The molecular formula is C7H8N2O3. The van der Waals surface area contributed by atoms with E-state index in [-0.39, 0.29) is 12.4 Å². The lowest BCUT2D eigenvalue weighted by molar-refractivity contribution is 0.149. The molecule has 0 aliphatic heterocycles. The van der Waals surface area contributed by atoms with Crippen LogP contribution in [-0.4, -0.2) is 16.2 Å². The first-order valence-corrected chi connectivity index (χ1v) is 3.24. The Morgan fingerprint density at radius 2 is 2.50 bits per heavy atom. The van der Waals surface area contributed by atoms with Crippen molar-refractivity contribution >= 4 is 6.09 Å². The van der Waals surface area contributed by atoms with E-state index in [0.717, 1.165) is 0 Å². The molecule has 0 radical (unpaired) electrons. The molecule has 0 fully saturated rings. The number of hydrogen-bond donors (Lipinski definition) is 2. The largest absolute Gasteiger partial charge is 0.506 e. The van der Waals surface area contributed by atoms with Crippen LogP contribution in [0.5, 0.6) is 5.75 Å². The van der Waals surface area contributed by atoms with Gasteiger partial charge in [0.2, 0.25) is 0 Å². The zero-order chi connectivity index (χ0) is 8.97. The molecule has 1 heterocycles. The summed E-state index contributed by atoms with van der Waals surface area (Å²) in [5.74, 6) is -0.0150. The zero-order valence-corrected chi connectivity index (χ0v) is 6.23. The fourth-order valence-corrected chi connectivity index (χ4v) is 0.686. The minimum atomic E-state index is -0.869. The minimum absolute atomic E-state index is 0.0150. The number of aromatic hydroxyl groups is 1. The molecule has 5 nitrogen and oxygen atoms in total. The number of aromatic nitrogens is 1. The minimum Gasteiger partial charge on any atom is -0.506 e. The summed E-state index contributed by atoms with van der Waals surface area (Å²) in [5.41, 5.74) is 5.21. The van der Waals surface area contributed by atoms with Crippen LogP contribution in [0.2, 0.25) is 0 Å². The Morgan fingerprint density at radius 3 is 3.08 bits per heavy atom. The second-order valence-electron chi connectivity index (χ2n) is 2.11. The Hall–Kier alpha value is -1.78. The molecule has 0 saturated heterocycles. The molecule has 5 heteroatoms. The molecule has 1 amide bonds. The monoisotopic (exact) mass is 168 g/mol. The van der Waals surface area contributed by atoms with Gasteiger partial charge in [0.25, 0.3) is 0 Å². The highest BCUT2D eigenvalue weighted by molar-refractivity contribution is 5.64. The summed E-state index contributed by atoms with van der Waals surface area (Å²) in [4.78, 5) is 13.8. The number of amides is 1. The van der Waals surface area contributed by atoms with Gasteiger partial charge in [-0.1, -0.05) is 0 Å². The van der Waals surface area contributed by atoms with Gasteiger partial charge in [0.1, 0.15) is 12.4 Å². The lowest BCUT2D eigenvalue weighted by atomic mass is 10.3. The number of primary amides is 1. The summed E-state index contributed by atoms with van der Waals surface area (Å²) in [6, 6.07) is 1.54. The van der Waals surface area contributed by atoms with Crippen LogP contribution >= 0.6 is 0 Å². The maximum Gasteiger partial charge on any atom is 0.404 e. The molecule has 0 atom stereocenters. The number of carbonyl (C=O) groups excluding carboxylic acids is 1. The van der Waals surface area contributed by atoms with Crippen LogP contribution in [-0.2, 0) is 11.3 Å². The van der Waals surface area contributed by atoms with Gasteiger partial charge in [-0.3, -0.25) is 4.98 Å². The van der Waals surface area contributed by atoms with Crippen LogP contribution in [0.4, 0.5) is 4.79 Å². The normalized spacial score (nSPS) is 9.33. The Bertz CT molecular complexity index is 288. The van der Waals surface area contributed by atoms with E-state index in [4.69, 9.17) is 10.8 Å². The van der Waals surface area contributed by atoms with Crippen LogP contribution in [0.25, 0.3) is 0 Å². The molecule has 0 spiro atoms. The fourth-order valence-electron chi connectivity index (χ4n) is 0.686. The molecule has 0 aliphatic rings. The Balaban J connectivity index is 2.63. The summed E-state index contributed by atoms with van der Waals surface area (Å²) < 4.78 is 4.46. The number of nitrogens with zero attached hydrogens (tertiary/aromatic N) is 1. The third kappa shape index (κ3) is 2.12. The van der Waals surface area contributed by atoms with Gasteiger partial charge < -0.3 is 15.6 Å². The number of rotatable bonds is 2. The van der Waals surface area contributed by atoms with Gasteiger partial charge in [0.05, 0.1) is 6.20 Å². The van der Waals surface area contributed by atoms with Gasteiger partial charge in [-0.05, 0) is 6.07 Å². The predicted molar refractivity (Wildman–Crippen MR) is 40.3 cm³/mol. The predicted octanol–water partition coefficient (Wildman–Crippen LogP) is 0.383. The van der Waals surface area contributed by atoms with Crippen molar-refractivity contribution in [3.8, 4) is 5.75 Å². The topological polar surface area (TPSA) is 85.4 Å². The molecule has 0 aromatic carbocycles. The van der Waals surface area contributed by atoms with Crippen LogP contribution in [0.15, 0.2) is 18.5 Å². The molecule has 0 saturated carbocycles. The van der Waals surface area contributed by atoms with E-state index < -0.39 is 6.09 Å². The van der Waals surface area contributed by atoms with Gasteiger partial charge in [-0.25, -0.2) is 4.79 Å². The number of ether oxygens (including phenoxy) is 1. The van der Waals surface area contributed by atoms with Crippen molar-refractivity contribution in [1.29, 1.82) is 0 Å². The third-order valence-corrected chi connectivity index (χ3v) is 1.26. The molecule has 0 aliphatic carbocycles. The van der Waals surface area contributed by atoms with E-state index in [1.807, 2.05) is 0 Å². The van der Waals surface area contributed by atoms with Crippen LogP contribution in [0.1, 0.15) is 5.56 Å².